The van der Waals surface area contributed by atoms with Crippen LogP contribution < -0.4 is 9.47 Å². The van der Waals surface area contributed by atoms with Crippen LogP contribution in [0.4, 0.5) is 0 Å². The highest BCUT2D eigenvalue weighted by Crippen LogP contribution is 2.32. The highest BCUT2D eigenvalue weighted by Gasteiger charge is 2.12. The second-order valence-electron chi connectivity index (χ2n) is 3.03. The summed E-state index contributed by atoms with van der Waals surface area (Å²) in [7, 11) is 3.17. The Bertz CT molecular complexity index is 499. The summed E-state index contributed by atoms with van der Waals surface area (Å²) in [5.74, 6) is 1.26. The van der Waals surface area contributed by atoms with Crippen LogP contribution >= 0.6 is 12.6 Å². The minimum atomic E-state index is 0.546. The van der Waals surface area contributed by atoms with Crippen LogP contribution in [0, 0.1) is 0 Å². The smallest absolute Gasteiger partial charge is 0.186 e. The molecule has 2 aromatic rings. The molecule has 0 atom stereocenters. The van der Waals surface area contributed by atoms with E-state index in [0.29, 0.717) is 16.5 Å². The van der Waals surface area contributed by atoms with E-state index in [1.165, 1.54) is 0 Å². The number of rotatable bonds is 3. The second kappa shape index (κ2) is 4.44. The van der Waals surface area contributed by atoms with E-state index >= 15 is 0 Å². The number of benzene rings is 1. The lowest BCUT2D eigenvalue weighted by Gasteiger charge is -2.11. The lowest BCUT2D eigenvalue weighted by atomic mass is 10.2. The van der Waals surface area contributed by atoms with Gasteiger partial charge in [0.1, 0.15) is 10.7 Å². The van der Waals surface area contributed by atoms with Crippen molar-refractivity contribution in [1.82, 2.24) is 15.0 Å². The molecule has 0 spiro atoms. The molecule has 0 aliphatic rings. The van der Waals surface area contributed by atoms with Crippen LogP contribution in [0.25, 0.3) is 5.69 Å². The van der Waals surface area contributed by atoms with E-state index in [-0.39, 0.29) is 0 Å². The average molecular weight is 237 g/mol. The van der Waals surface area contributed by atoms with Gasteiger partial charge < -0.3 is 9.47 Å². The van der Waals surface area contributed by atoms with Crippen LogP contribution in [0.5, 0.6) is 11.5 Å². The van der Waals surface area contributed by atoms with Crippen molar-refractivity contribution in [2.75, 3.05) is 14.2 Å². The summed E-state index contributed by atoms with van der Waals surface area (Å²) in [4.78, 5) is 0. The fraction of sp³-hybridized carbons (Fsp3) is 0.200. The molecule has 0 bridgehead atoms. The third-order valence-corrected chi connectivity index (χ3v) is 2.32. The molecule has 0 amide bonds. The summed E-state index contributed by atoms with van der Waals surface area (Å²) < 4.78 is 12.1. The normalized spacial score (nSPS) is 10.2. The van der Waals surface area contributed by atoms with Gasteiger partial charge in [-0.2, -0.15) is 0 Å². The third-order valence-electron chi connectivity index (χ3n) is 2.11. The van der Waals surface area contributed by atoms with Gasteiger partial charge in [-0.25, -0.2) is 4.68 Å². The van der Waals surface area contributed by atoms with Gasteiger partial charge >= 0.3 is 0 Å². The Morgan fingerprint density at radius 1 is 1.25 bits per heavy atom. The Morgan fingerprint density at radius 3 is 2.62 bits per heavy atom. The van der Waals surface area contributed by atoms with E-state index in [4.69, 9.17) is 9.47 Å². The summed E-state index contributed by atoms with van der Waals surface area (Å²) >= 11 is 4.10. The molecule has 0 N–H and O–H groups in total. The zero-order valence-corrected chi connectivity index (χ0v) is 9.81. The fourth-order valence-electron chi connectivity index (χ4n) is 1.42. The maximum absolute atomic E-state index is 5.29. The Hall–Kier alpha value is -1.69. The molecule has 5 nitrogen and oxygen atoms in total. The Labute approximate surface area is 98.4 Å². The lowest BCUT2D eigenvalue weighted by Crippen LogP contribution is -2.00. The SMILES string of the molecule is COc1cccc(-n2cc(S)nn2)c1OC. The molecule has 0 radical (unpaired) electrons. The van der Waals surface area contributed by atoms with Crippen LogP contribution in [0.2, 0.25) is 0 Å². The van der Waals surface area contributed by atoms with Gasteiger partial charge in [0.15, 0.2) is 11.5 Å². The second-order valence-corrected chi connectivity index (χ2v) is 3.49. The maximum atomic E-state index is 5.29. The van der Waals surface area contributed by atoms with E-state index in [1.807, 2.05) is 18.2 Å². The van der Waals surface area contributed by atoms with Gasteiger partial charge in [-0.05, 0) is 12.1 Å². The Balaban J connectivity index is 2.56. The fourth-order valence-corrected chi connectivity index (χ4v) is 1.57. The predicted octanol–water partition coefficient (Wildman–Crippen LogP) is 1.57. The molecule has 1 heterocycles. The molecular weight excluding hydrogens is 226 g/mol. The first-order valence-electron chi connectivity index (χ1n) is 4.59. The zero-order chi connectivity index (χ0) is 11.5. The van der Waals surface area contributed by atoms with Gasteiger partial charge in [-0.15, -0.1) is 17.7 Å². The number of hydrogen-bond acceptors (Lipinski definition) is 5. The molecule has 1 aromatic heterocycles. The van der Waals surface area contributed by atoms with Gasteiger partial charge in [-0.1, -0.05) is 11.3 Å². The van der Waals surface area contributed by atoms with Crippen molar-refractivity contribution in [3.8, 4) is 17.2 Å². The number of para-hydroxylation sites is 1. The van der Waals surface area contributed by atoms with Crippen LogP contribution in [-0.4, -0.2) is 29.2 Å². The molecule has 0 saturated heterocycles. The predicted molar refractivity (Wildman–Crippen MR) is 61.7 cm³/mol. The summed E-state index contributed by atoms with van der Waals surface area (Å²) in [5.41, 5.74) is 0.759. The van der Waals surface area contributed by atoms with Crippen molar-refractivity contribution in [3.05, 3.63) is 24.4 Å². The molecule has 0 fully saturated rings. The monoisotopic (exact) mass is 237 g/mol. The third kappa shape index (κ3) is 1.83. The summed E-state index contributed by atoms with van der Waals surface area (Å²) in [6.07, 6.45) is 1.69. The van der Waals surface area contributed by atoms with E-state index in [9.17, 15) is 0 Å². The van der Waals surface area contributed by atoms with E-state index in [2.05, 4.69) is 22.9 Å². The molecule has 6 heteroatoms. The molecule has 0 unspecified atom stereocenters. The molecule has 84 valence electrons. The maximum Gasteiger partial charge on any atom is 0.186 e. The van der Waals surface area contributed by atoms with E-state index in [0.717, 1.165) is 5.69 Å². The Morgan fingerprint density at radius 2 is 2.06 bits per heavy atom. The quantitative estimate of drug-likeness (QED) is 0.823. The topological polar surface area (TPSA) is 49.2 Å². The number of methoxy groups -OCH3 is 2. The van der Waals surface area contributed by atoms with Crippen molar-refractivity contribution in [2.45, 2.75) is 5.03 Å². The van der Waals surface area contributed by atoms with Crippen LogP contribution in [0.3, 0.4) is 0 Å². The van der Waals surface area contributed by atoms with Crippen LogP contribution in [0.15, 0.2) is 29.4 Å². The van der Waals surface area contributed by atoms with E-state index in [1.54, 1.807) is 25.1 Å². The van der Waals surface area contributed by atoms with Crippen molar-refractivity contribution in [2.24, 2.45) is 0 Å². The Kier molecular flexibility index (Phi) is 3.00. The van der Waals surface area contributed by atoms with Gasteiger partial charge in [0.25, 0.3) is 0 Å². The molecule has 16 heavy (non-hydrogen) atoms. The zero-order valence-electron chi connectivity index (χ0n) is 8.91. The highest BCUT2D eigenvalue weighted by atomic mass is 32.1. The summed E-state index contributed by atoms with van der Waals surface area (Å²) in [5, 5.41) is 8.28. The molecule has 2 rings (SSSR count). The van der Waals surface area contributed by atoms with Gasteiger partial charge in [0.05, 0.1) is 20.4 Å². The van der Waals surface area contributed by atoms with Gasteiger partial charge in [0, 0.05) is 0 Å². The molecule has 0 aliphatic heterocycles. The number of nitrogens with zero attached hydrogens (tertiary/aromatic N) is 3. The number of hydrogen-bond donors (Lipinski definition) is 1. The van der Waals surface area contributed by atoms with Crippen molar-refractivity contribution < 1.29 is 9.47 Å². The number of ether oxygens (including phenoxy) is 2. The van der Waals surface area contributed by atoms with Crippen molar-refractivity contribution >= 4 is 12.6 Å². The summed E-state index contributed by atoms with van der Waals surface area (Å²) in [6, 6.07) is 5.54. The largest absolute Gasteiger partial charge is 0.493 e. The van der Waals surface area contributed by atoms with Crippen LogP contribution in [0.1, 0.15) is 0 Å². The van der Waals surface area contributed by atoms with Crippen LogP contribution in [-0.2, 0) is 0 Å². The standard InChI is InChI=1S/C10H11N3O2S/c1-14-8-5-3-4-7(10(8)15-2)13-6-9(16)11-12-13/h3-6,16H,1-2H3. The summed E-state index contributed by atoms with van der Waals surface area (Å²) in [6.45, 7) is 0. The highest BCUT2D eigenvalue weighted by molar-refractivity contribution is 7.80. The van der Waals surface area contributed by atoms with E-state index < -0.39 is 0 Å². The number of aromatic nitrogens is 3. The molecular formula is C10H11N3O2S. The number of thiol groups is 1. The molecule has 0 saturated carbocycles. The molecule has 1 aromatic carbocycles. The van der Waals surface area contributed by atoms with Crippen molar-refractivity contribution in [1.29, 1.82) is 0 Å². The van der Waals surface area contributed by atoms with Gasteiger partial charge in [0.2, 0.25) is 0 Å². The minimum absolute atomic E-state index is 0.546. The first kappa shape index (κ1) is 10.8. The minimum Gasteiger partial charge on any atom is -0.493 e. The van der Waals surface area contributed by atoms with Crippen molar-refractivity contribution in [3.63, 3.8) is 0 Å². The average Bonchev–Trinajstić information content (AvgIpc) is 2.74. The first-order chi connectivity index (χ1) is 7.76. The van der Waals surface area contributed by atoms with Gasteiger partial charge in [-0.3, -0.25) is 0 Å². The first-order valence-corrected chi connectivity index (χ1v) is 5.03. The lowest BCUT2D eigenvalue weighted by molar-refractivity contribution is 0.353. The molecule has 0 aliphatic carbocycles.